The highest BCUT2D eigenvalue weighted by Gasteiger charge is 2.16. The lowest BCUT2D eigenvalue weighted by Crippen LogP contribution is -2.15. The van der Waals surface area contributed by atoms with Crippen LogP contribution in [0.2, 0.25) is 5.02 Å². The number of carbonyl (C=O) groups excluding carboxylic acids is 2. The molecule has 0 bridgehead atoms. The highest BCUT2D eigenvalue weighted by atomic mass is 35.5. The molecule has 3 rings (SSSR count). The van der Waals surface area contributed by atoms with Gasteiger partial charge in [-0.15, -0.1) is 0 Å². The number of aromatic nitrogens is 3. The van der Waals surface area contributed by atoms with Gasteiger partial charge in [0.05, 0.1) is 29.6 Å². The van der Waals surface area contributed by atoms with Crippen LogP contribution in [-0.2, 0) is 16.0 Å². The normalized spacial score (nSPS) is 10.6. The maximum absolute atomic E-state index is 12.5. The zero-order valence-electron chi connectivity index (χ0n) is 16.1. The number of benzene rings is 1. The Morgan fingerprint density at radius 1 is 1.34 bits per heavy atom. The number of hydrogen-bond donors (Lipinski definition) is 1. The van der Waals surface area contributed by atoms with Crippen LogP contribution in [0.4, 0.5) is 5.69 Å². The van der Waals surface area contributed by atoms with E-state index in [4.69, 9.17) is 16.9 Å². The molecule has 1 amide bonds. The third-order valence-electron chi connectivity index (χ3n) is 4.59. The van der Waals surface area contributed by atoms with E-state index in [1.54, 1.807) is 4.52 Å². The number of nitriles is 1. The third-order valence-corrected chi connectivity index (χ3v) is 4.92. The number of halogens is 1. The van der Waals surface area contributed by atoms with Gasteiger partial charge in [0.25, 0.3) is 0 Å². The van der Waals surface area contributed by atoms with Gasteiger partial charge in [0.15, 0.2) is 5.65 Å². The molecule has 3 aromatic rings. The van der Waals surface area contributed by atoms with E-state index in [-0.39, 0.29) is 12.3 Å². The summed E-state index contributed by atoms with van der Waals surface area (Å²) in [6.07, 6.45) is 2.09. The minimum absolute atomic E-state index is 0.181. The summed E-state index contributed by atoms with van der Waals surface area (Å²) in [7, 11) is 1.28. The summed E-state index contributed by atoms with van der Waals surface area (Å²) < 4.78 is 6.29. The molecule has 0 spiro atoms. The van der Waals surface area contributed by atoms with E-state index in [9.17, 15) is 9.59 Å². The Bertz CT molecular complexity index is 1160. The van der Waals surface area contributed by atoms with Crippen LogP contribution in [0.15, 0.2) is 24.4 Å². The number of hydrogen-bond acceptors (Lipinski definition) is 6. The smallest absolute Gasteiger partial charge is 0.337 e. The lowest BCUT2D eigenvalue weighted by molar-refractivity contribution is -0.116. The van der Waals surface area contributed by atoms with Crippen molar-refractivity contribution in [2.24, 2.45) is 0 Å². The molecule has 0 atom stereocenters. The lowest BCUT2D eigenvalue weighted by atomic mass is 10.1. The Kier molecular flexibility index (Phi) is 5.80. The highest BCUT2D eigenvalue weighted by molar-refractivity contribution is 6.33. The molecule has 8 nitrogen and oxygen atoms in total. The number of fused-ring (bicyclic) bond motifs is 1. The molecule has 0 unspecified atom stereocenters. The van der Waals surface area contributed by atoms with Crippen LogP contribution >= 0.6 is 11.6 Å². The summed E-state index contributed by atoms with van der Waals surface area (Å²) >= 11 is 6.12. The van der Waals surface area contributed by atoms with Crippen LogP contribution in [-0.4, -0.2) is 33.6 Å². The average molecular weight is 412 g/mol. The standard InChI is InChI=1S/C20H18ClN5O3/c1-11-15(12(2)26-19(24-11)14(9-22)10-23-26)5-7-18(27)25-17-8-13(20(28)29-3)4-6-16(17)21/h4,6,8,10H,5,7H2,1-3H3,(H,25,27). The number of amides is 1. The molecule has 2 aromatic heterocycles. The Morgan fingerprint density at radius 3 is 2.79 bits per heavy atom. The van der Waals surface area contributed by atoms with Gasteiger partial charge in [0.1, 0.15) is 11.6 Å². The van der Waals surface area contributed by atoms with E-state index in [0.717, 1.165) is 17.0 Å². The van der Waals surface area contributed by atoms with Crippen LogP contribution in [0.1, 0.15) is 39.3 Å². The predicted octanol–water partition coefficient (Wildman–Crippen LogP) is 3.23. The van der Waals surface area contributed by atoms with Crippen molar-refractivity contribution in [3.8, 4) is 6.07 Å². The second-order valence-electron chi connectivity index (χ2n) is 6.40. The zero-order valence-corrected chi connectivity index (χ0v) is 16.9. The highest BCUT2D eigenvalue weighted by Crippen LogP contribution is 2.24. The average Bonchev–Trinajstić information content (AvgIpc) is 3.11. The molecule has 0 saturated carbocycles. The summed E-state index contributed by atoms with van der Waals surface area (Å²) in [6.45, 7) is 3.71. The van der Waals surface area contributed by atoms with Crippen molar-refractivity contribution < 1.29 is 14.3 Å². The molecule has 148 valence electrons. The number of ether oxygens (including phenoxy) is 1. The van der Waals surface area contributed by atoms with Gasteiger partial charge in [-0.3, -0.25) is 4.79 Å². The number of nitrogens with one attached hydrogen (secondary N) is 1. The number of aryl methyl sites for hydroxylation is 2. The van der Waals surface area contributed by atoms with Crippen LogP contribution in [0, 0.1) is 25.2 Å². The van der Waals surface area contributed by atoms with E-state index in [2.05, 4.69) is 26.2 Å². The summed E-state index contributed by atoms with van der Waals surface area (Å²) in [5, 5.41) is 16.4. The Labute approximate surface area is 172 Å². The molecule has 1 aromatic carbocycles. The summed E-state index contributed by atoms with van der Waals surface area (Å²) in [4.78, 5) is 28.6. The van der Waals surface area contributed by atoms with Gasteiger partial charge in [-0.25, -0.2) is 14.3 Å². The maximum atomic E-state index is 12.5. The molecule has 0 aliphatic carbocycles. The molecule has 0 aliphatic rings. The first-order valence-electron chi connectivity index (χ1n) is 8.77. The molecule has 2 heterocycles. The van der Waals surface area contributed by atoms with Gasteiger partial charge in [0, 0.05) is 17.8 Å². The predicted molar refractivity (Wildman–Crippen MR) is 107 cm³/mol. The van der Waals surface area contributed by atoms with Gasteiger partial charge in [-0.1, -0.05) is 11.6 Å². The van der Waals surface area contributed by atoms with Crippen LogP contribution in [0.5, 0.6) is 0 Å². The first kappa shape index (κ1) is 20.3. The van der Waals surface area contributed by atoms with Gasteiger partial charge >= 0.3 is 5.97 Å². The van der Waals surface area contributed by atoms with E-state index in [0.29, 0.717) is 33.9 Å². The molecule has 0 fully saturated rings. The minimum atomic E-state index is -0.515. The molecule has 0 radical (unpaired) electrons. The quantitative estimate of drug-likeness (QED) is 0.645. The van der Waals surface area contributed by atoms with Crippen molar-refractivity contribution >= 4 is 34.8 Å². The summed E-state index contributed by atoms with van der Waals surface area (Å²) in [5.41, 5.74) is 3.99. The first-order valence-corrected chi connectivity index (χ1v) is 9.15. The first-order chi connectivity index (χ1) is 13.8. The van der Waals surface area contributed by atoms with Crippen LogP contribution in [0.25, 0.3) is 5.65 Å². The number of carbonyl (C=O) groups is 2. The van der Waals surface area contributed by atoms with E-state index in [1.807, 2.05) is 13.8 Å². The van der Waals surface area contributed by atoms with E-state index in [1.165, 1.54) is 31.5 Å². The van der Waals surface area contributed by atoms with E-state index >= 15 is 0 Å². The number of esters is 1. The molecular weight excluding hydrogens is 394 g/mol. The SMILES string of the molecule is COC(=O)c1ccc(Cl)c(NC(=O)CCc2c(C)nc3c(C#N)cnn3c2C)c1. The number of anilines is 1. The van der Waals surface area contributed by atoms with Crippen molar-refractivity contribution in [2.75, 3.05) is 12.4 Å². The molecule has 1 N–H and O–H groups in total. The molecular formula is C20H18ClN5O3. The Hall–Kier alpha value is -3.44. The van der Waals surface area contributed by atoms with Crippen LogP contribution < -0.4 is 5.32 Å². The molecule has 29 heavy (non-hydrogen) atoms. The summed E-state index contributed by atoms with van der Waals surface area (Å²) in [6, 6.07) is 6.60. The Balaban J connectivity index is 1.77. The van der Waals surface area contributed by atoms with Gasteiger partial charge < -0.3 is 10.1 Å². The number of rotatable bonds is 5. The minimum Gasteiger partial charge on any atom is -0.465 e. The van der Waals surface area contributed by atoms with Crippen LogP contribution in [0.3, 0.4) is 0 Å². The van der Waals surface area contributed by atoms with Crippen molar-refractivity contribution in [1.82, 2.24) is 14.6 Å². The molecule has 0 saturated heterocycles. The second-order valence-corrected chi connectivity index (χ2v) is 6.81. The second kappa shape index (κ2) is 8.29. The monoisotopic (exact) mass is 411 g/mol. The van der Waals surface area contributed by atoms with Gasteiger partial charge in [-0.05, 0) is 44.0 Å². The number of nitrogens with zero attached hydrogens (tertiary/aromatic N) is 4. The van der Waals surface area contributed by atoms with Gasteiger partial charge in [-0.2, -0.15) is 10.4 Å². The van der Waals surface area contributed by atoms with Crippen molar-refractivity contribution in [3.05, 3.63) is 57.5 Å². The zero-order chi connectivity index (χ0) is 21.1. The largest absolute Gasteiger partial charge is 0.465 e. The van der Waals surface area contributed by atoms with Gasteiger partial charge in [0.2, 0.25) is 5.91 Å². The molecule has 0 aliphatic heterocycles. The van der Waals surface area contributed by atoms with Crippen molar-refractivity contribution in [3.63, 3.8) is 0 Å². The maximum Gasteiger partial charge on any atom is 0.337 e. The Morgan fingerprint density at radius 2 is 2.10 bits per heavy atom. The fraction of sp³-hybridized carbons (Fsp3) is 0.250. The topological polar surface area (TPSA) is 109 Å². The van der Waals surface area contributed by atoms with E-state index < -0.39 is 5.97 Å². The van der Waals surface area contributed by atoms with Crippen molar-refractivity contribution in [1.29, 1.82) is 5.26 Å². The fourth-order valence-electron chi connectivity index (χ4n) is 3.07. The lowest BCUT2D eigenvalue weighted by Gasteiger charge is -2.12. The number of methoxy groups -OCH3 is 1. The molecule has 9 heteroatoms. The summed E-state index contributed by atoms with van der Waals surface area (Å²) in [5.74, 6) is -0.773. The fourth-order valence-corrected chi connectivity index (χ4v) is 3.23. The van der Waals surface area contributed by atoms with Crippen molar-refractivity contribution in [2.45, 2.75) is 26.7 Å². The third kappa shape index (κ3) is 4.05.